The van der Waals surface area contributed by atoms with Crippen molar-refractivity contribution >= 4 is 0 Å². The van der Waals surface area contributed by atoms with Crippen LogP contribution in [-0.4, -0.2) is 31.1 Å². The molecule has 3 heteroatoms. The smallest absolute Gasteiger partial charge is 0.123 e. The van der Waals surface area contributed by atoms with Crippen LogP contribution in [0.15, 0.2) is 84.9 Å². The number of hydrogen-bond donors (Lipinski definition) is 1. The summed E-state index contributed by atoms with van der Waals surface area (Å²) in [6.07, 6.45) is 8.85. The molecule has 0 bridgehead atoms. The third-order valence-electron chi connectivity index (χ3n) is 7.13. The number of likely N-dealkylation sites (tertiary alicyclic amines) is 1. The number of para-hydroxylation sites is 1. The molecule has 34 heavy (non-hydrogen) atoms. The van der Waals surface area contributed by atoms with Crippen LogP contribution in [0, 0.1) is 0 Å². The fourth-order valence-electron chi connectivity index (χ4n) is 5.36. The SMILES string of the molecule is COc1ccccc1CN[C@@H]1CCCN(CCCCCCc2ccccc2)[C@@H]1c1ccccc1. The number of nitrogens with zero attached hydrogens (tertiary/aromatic N) is 1. The van der Waals surface area contributed by atoms with Crippen LogP contribution in [0.3, 0.4) is 0 Å². The Hall–Kier alpha value is -2.62. The van der Waals surface area contributed by atoms with Crippen LogP contribution < -0.4 is 10.1 Å². The minimum Gasteiger partial charge on any atom is -0.496 e. The predicted octanol–water partition coefficient (Wildman–Crippen LogP) is 6.79. The fourth-order valence-corrected chi connectivity index (χ4v) is 5.36. The second-order valence-corrected chi connectivity index (χ2v) is 9.48. The summed E-state index contributed by atoms with van der Waals surface area (Å²) in [4.78, 5) is 2.73. The zero-order valence-corrected chi connectivity index (χ0v) is 20.7. The summed E-state index contributed by atoms with van der Waals surface area (Å²) in [7, 11) is 1.76. The highest BCUT2D eigenvalue weighted by molar-refractivity contribution is 5.33. The highest BCUT2D eigenvalue weighted by atomic mass is 16.5. The van der Waals surface area contributed by atoms with Gasteiger partial charge in [-0.3, -0.25) is 4.90 Å². The lowest BCUT2D eigenvalue weighted by Gasteiger charge is -2.42. The van der Waals surface area contributed by atoms with Gasteiger partial charge in [-0.05, 0) is 62.4 Å². The fraction of sp³-hybridized carbons (Fsp3) is 0.419. The first-order chi connectivity index (χ1) is 16.8. The molecule has 0 saturated carbocycles. The second kappa shape index (κ2) is 13.3. The van der Waals surface area contributed by atoms with Gasteiger partial charge in [0.1, 0.15) is 5.75 Å². The highest BCUT2D eigenvalue weighted by Crippen LogP contribution is 2.32. The number of piperidine rings is 1. The molecule has 1 fully saturated rings. The lowest BCUT2D eigenvalue weighted by Crippen LogP contribution is -2.48. The molecule has 1 heterocycles. The topological polar surface area (TPSA) is 24.5 Å². The number of hydrogen-bond acceptors (Lipinski definition) is 3. The van der Waals surface area contributed by atoms with E-state index in [1.165, 1.54) is 74.7 Å². The van der Waals surface area contributed by atoms with Crippen molar-refractivity contribution in [3.63, 3.8) is 0 Å². The van der Waals surface area contributed by atoms with Crippen molar-refractivity contribution in [3.8, 4) is 5.75 Å². The molecule has 0 radical (unpaired) electrons. The number of rotatable bonds is 12. The van der Waals surface area contributed by atoms with E-state index in [2.05, 4.69) is 89.1 Å². The normalized spacial score (nSPS) is 18.6. The molecule has 1 N–H and O–H groups in total. The molecule has 3 nitrogen and oxygen atoms in total. The summed E-state index contributed by atoms with van der Waals surface area (Å²) >= 11 is 0. The molecule has 3 aromatic rings. The second-order valence-electron chi connectivity index (χ2n) is 9.48. The Bertz CT molecular complexity index is 959. The first kappa shape index (κ1) is 24.5. The summed E-state index contributed by atoms with van der Waals surface area (Å²) in [6, 6.07) is 31.2. The van der Waals surface area contributed by atoms with Crippen LogP contribution in [0.4, 0.5) is 0 Å². The van der Waals surface area contributed by atoms with Crippen molar-refractivity contribution in [2.75, 3.05) is 20.2 Å². The van der Waals surface area contributed by atoms with Crippen LogP contribution in [0.5, 0.6) is 5.75 Å². The van der Waals surface area contributed by atoms with E-state index in [4.69, 9.17) is 4.74 Å². The largest absolute Gasteiger partial charge is 0.496 e. The lowest BCUT2D eigenvalue weighted by atomic mass is 9.89. The molecule has 1 aliphatic rings. The van der Waals surface area contributed by atoms with Crippen molar-refractivity contribution in [3.05, 3.63) is 102 Å². The summed E-state index contributed by atoms with van der Waals surface area (Å²) < 4.78 is 5.58. The van der Waals surface area contributed by atoms with E-state index in [-0.39, 0.29) is 0 Å². The average molecular weight is 457 g/mol. The van der Waals surface area contributed by atoms with Crippen LogP contribution in [0.1, 0.15) is 61.3 Å². The van der Waals surface area contributed by atoms with Gasteiger partial charge in [0.15, 0.2) is 0 Å². The molecule has 3 aromatic carbocycles. The molecule has 0 amide bonds. The molecular formula is C31H40N2O. The molecule has 1 aliphatic heterocycles. The maximum Gasteiger partial charge on any atom is 0.123 e. The molecule has 4 rings (SSSR count). The minimum atomic E-state index is 0.425. The van der Waals surface area contributed by atoms with Gasteiger partial charge in [-0.25, -0.2) is 0 Å². The number of unbranched alkanes of at least 4 members (excludes halogenated alkanes) is 3. The van der Waals surface area contributed by atoms with Gasteiger partial charge in [-0.15, -0.1) is 0 Å². The average Bonchev–Trinajstić information content (AvgIpc) is 2.90. The molecule has 1 saturated heterocycles. The van der Waals surface area contributed by atoms with E-state index in [9.17, 15) is 0 Å². The van der Waals surface area contributed by atoms with Gasteiger partial charge in [0.2, 0.25) is 0 Å². The first-order valence-corrected chi connectivity index (χ1v) is 13.0. The quantitative estimate of drug-likeness (QED) is 0.304. The van der Waals surface area contributed by atoms with E-state index in [0.717, 1.165) is 12.3 Å². The molecule has 0 aromatic heterocycles. The van der Waals surface area contributed by atoms with E-state index >= 15 is 0 Å². The van der Waals surface area contributed by atoms with Crippen molar-refractivity contribution in [1.29, 1.82) is 0 Å². The maximum atomic E-state index is 5.58. The highest BCUT2D eigenvalue weighted by Gasteiger charge is 2.32. The van der Waals surface area contributed by atoms with Crippen LogP contribution >= 0.6 is 0 Å². The van der Waals surface area contributed by atoms with Crippen molar-refractivity contribution in [2.24, 2.45) is 0 Å². The summed E-state index contributed by atoms with van der Waals surface area (Å²) in [6.45, 7) is 3.21. The van der Waals surface area contributed by atoms with Gasteiger partial charge < -0.3 is 10.1 Å². The third kappa shape index (κ3) is 6.94. The molecule has 0 unspecified atom stereocenters. The first-order valence-electron chi connectivity index (χ1n) is 13.0. The van der Waals surface area contributed by atoms with Gasteiger partial charge in [-0.2, -0.15) is 0 Å². The van der Waals surface area contributed by atoms with E-state index in [1.54, 1.807) is 7.11 Å². The Labute approximate surface area is 206 Å². The van der Waals surface area contributed by atoms with E-state index in [1.807, 2.05) is 6.07 Å². The molecule has 180 valence electrons. The van der Waals surface area contributed by atoms with E-state index < -0.39 is 0 Å². The molecule has 0 aliphatic carbocycles. The Morgan fingerprint density at radius 2 is 1.53 bits per heavy atom. The van der Waals surface area contributed by atoms with Gasteiger partial charge in [0, 0.05) is 18.2 Å². The van der Waals surface area contributed by atoms with Crippen LogP contribution in [0.25, 0.3) is 0 Å². The third-order valence-corrected chi connectivity index (χ3v) is 7.13. The maximum absolute atomic E-state index is 5.58. The Balaban J connectivity index is 1.33. The van der Waals surface area contributed by atoms with Crippen molar-refractivity contribution in [2.45, 2.75) is 63.6 Å². The standard InChI is InChI=1S/C31H40N2O/c1-34-30-22-12-11-20-28(30)25-32-29-21-14-24-33(31(29)27-18-9-5-10-19-27)23-13-3-2-6-15-26-16-7-4-8-17-26/h4-5,7-12,16-20,22,29,31-32H,2-3,6,13-15,21,23-25H2,1H3/t29-,31-/m1/s1. The summed E-state index contributed by atoms with van der Waals surface area (Å²) in [5.74, 6) is 0.967. The lowest BCUT2D eigenvalue weighted by molar-refractivity contribution is 0.108. The zero-order valence-electron chi connectivity index (χ0n) is 20.7. The summed E-state index contributed by atoms with van der Waals surface area (Å²) in [5, 5.41) is 3.90. The monoisotopic (exact) mass is 456 g/mol. The number of methoxy groups -OCH3 is 1. The zero-order chi connectivity index (χ0) is 23.4. The Kier molecular flexibility index (Phi) is 9.60. The Morgan fingerprint density at radius 1 is 0.824 bits per heavy atom. The van der Waals surface area contributed by atoms with Crippen LogP contribution in [0.2, 0.25) is 0 Å². The number of ether oxygens (including phenoxy) is 1. The van der Waals surface area contributed by atoms with Crippen LogP contribution in [-0.2, 0) is 13.0 Å². The van der Waals surface area contributed by atoms with Gasteiger partial charge >= 0.3 is 0 Å². The summed E-state index contributed by atoms with van der Waals surface area (Å²) in [5.41, 5.74) is 4.13. The van der Waals surface area contributed by atoms with Gasteiger partial charge in [0.25, 0.3) is 0 Å². The number of benzene rings is 3. The van der Waals surface area contributed by atoms with Gasteiger partial charge in [0.05, 0.1) is 13.2 Å². The van der Waals surface area contributed by atoms with Gasteiger partial charge in [-0.1, -0.05) is 91.7 Å². The molecule has 0 spiro atoms. The molecular weight excluding hydrogens is 416 g/mol. The van der Waals surface area contributed by atoms with E-state index in [0.29, 0.717) is 12.1 Å². The molecule has 2 atom stereocenters. The predicted molar refractivity (Wildman–Crippen MR) is 142 cm³/mol. The minimum absolute atomic E-state index is 0.425. The number of aryl methyl sites for hydroxylation is 1. The van der Waals surface area contributed by atoms with Crippen molar-refractivity contribution in [1.82, 2.24) is 10.2 Å². The Morgan fingerprint density at radius 3 is 2.32 bits per heavy atom. The number of nitrogens with one attached hydrogen (secondary N) is 1. The van der Waals surface area contributed by atoms with Crippen molar-refractivity contribution < 1.29 is 4.74 Å².